The molecule has 0 aromatic heterocycles. The van der Waals surface area contributed by atoms with Crippen LogP contribution in [0.25, 0.3) is 0 Å². The number of hydrazone groups is 1. The first-order valence-corrected chi connectivity index (χ1v) is 7.56. The third kappa shape index (κ3) is 2.86. The Kier molecular flexibility index (Phi) is 4.18. The zero-order chi connectivity index (χ0) is 16.4. The van der Waals surface area contributed by atoms with Crippen LogP contribution in [0, 0.1) is 0 Å². The zero-order valence-electron chi connectivity index (χ0n) is 13.2. The van der Waals surface area contributed by atoms with Crippen molar-refractivity contribution in [1.82, 2.24) is 5.43 Å². The van der Waals surface area contributed by atoms with E-state index in [1.165, 1.54) is 0 Å². The van der Waals surface area contributed by atoms with Gasteiger partial charge in [0.2, 0.25) is 5.91 Å². The number of nitrogens with one attached hydrogen (secondary N) is 1. The average Bonchev–Trinajstić information content (AvgIpc) is 2.60. The molecule has 1 aromatic rings. The second-order valence-corrected chi connectivity index (χ2v) is 5.48. The van der Waals surface area contributed by atoms with E-state index in [1.807, 2.05) is 12.1 Å². The van der Waals surface area contributed by atoms with Crippen LogP contribution in [0.2, 0.25) is 0 Å². The molecule has 2 aliphatic heterocycles. The van der Waals surface area contributed by atoms with Crippen molar-refractivity contribution >= 4 is 23.2 Å². The van der Waals surface area contributed by atoms with E-state index in [0.29, 0.717) is 24.4 Å². The van der Waals surface area contributed by atoms with Crippen LogP contribution in [0.15, 0.2) is 17.2 Å². The SMILES string of the molecule is COc1cc(OC)c2c(c1)N(C(=O)C1=NNC(=O)CC1)CCC2. The maximum absolute atomic E-state index is 12.8. The van der Waals surface area contributed by atoms with Crippen LogP contribution in [0.5, 0.6) is 11.5 Å². The van der Waals surface area contributed by atoms with Crippen molar-refractivity contribution in [3.05, 3.63) is 17.7 Å². The summed E-state index contributed by atoms with van der Waals surface area (Å²) in [4.78, 5) is 25.7. The molecule has 0 saturated carbocycles. The minimum absolute atomic E-state index is 0.163. The monoisotopic (exact) mass is 317 g/mol. The maximum atomic E-state index is 12.8. The van der Waals surface area contributed by atoms with E-state index in [2.05, 4.69) is 10.5 Å². The molecule has 1 aromatic carbocycles. The Morgan fingerprint density at radius 3 is 2.70 bits per heavy atom. The molecule has 1 N–H and O–H groups in total. The van der Waals surface area contributed by atoms with Crippen molar-refractivity contribution in [2.24, 2.45) is 5.10 Å². The van der Waals surface area contributed by atoms with Crippen molar-refractivity contribution in [2.75, 3.05) is 25.7 Å². The molecule has 122 valence electrons. The summed E-state index contributed by atoms with van der Waals surface area (Å²) in [5.41, 5.74) is 4.53. The Balaban J connectivity index is 1.97. The number of carbonyl (C=O) groups excluding carboxylic acids is 2. The number of hydrogen-bond acceptors (Lipinski definition) is 5. The van der Waals surface area contributed by atoms with Crippen LogP contribution < -0.4 is 19.8 Å². The highest BCUT2D eigenvalue weighted by molar-refractivity contribution is 6.44. The Morgan fingerprint density at radius 2 is 2.04 bits per heavy atom. The maximum Gasteiger partial charge on any atom is 0.274 e. The topological polar surface area (TPSA) is 80.2 Å². The summed E-state index contributed by atoms with van der Waals surface area (Å²) in [6.07, 6.45) is 2.33. The summed E-state index contributed by atoms with van der Waals surface area (Å²) < 4.78 is 10.7. The molecule has 2 aliphatic rings. The zero-order valence-corrected chi connectivity index (χ0v) is 13.2. The first kappa shape index (κ1) is 15.3. The van der Waals surface area contributed by atoms with E-state index < -0.39 is 0 Å². The molecule has 2 amide bonds. The molecule has 0 spiro atoms. The van der Waals surface area contributed by atoms with Crippen molar-refractivity contribution in [3.8, 4) is 11.5 Å². The van der Waals surface area contributed by atoms with E-state index in [0.717, 1.165) is 29.8 Å². The number of benzene rings is 1. The van der Waals surface area contributed by atoms with Gasteiger partial charge >= 0.3 is 0 Å². The molecule has 7 heteroatoms. The molecule has 0 radical (unpaired) electrons. The molecule has 0 atom stereocenters. The van der Waals surface area contributed by atoms with E-state index in [9.17, 15) is 9.59 Å². The number of amides is 2. The van der Waals surface area contributed by atoms with Gasteiger partial charge in [-0.1, -0.05) is 0 Å². The molecule has 2 heterocycles. The lowest BCUT2D eigenvalue weighted by Crippen LogP contribution is -2.42. The first-order valence-electron chi connectivity index (χ1n) is 7.56. The highest BCUT2D eigenvalue weighted by Gasteiger charge is 2.30. The number of rotatable bonds is 3. The first-order chi connectivity index (χ1) is 11.1. The summed E-state index contributed by atoms with van der Waals surface area (Å²) in [6.45, 7) is 0.606. The number of hydrogen-bond donors (Lipinski definition) is 1. The Morgan fingerprint density at radius 1 is 1.22 bits per heavy atom. The summed E-state index contributed by atoms with van der Waals surface area (Å²) in [7, 11) is 3.19. The van der Waals surface area contributed by atoms with Gasteiger partial charge < -0.3 is 14.4 Å². The molecule has 0 saturated heterocycles. The number of ether oxygens (including phenoxy) is 2. The molecule has 7 nitrogen and oxygen atoms in total. The Hall–Kier alpha value is -2.57. The molecule has 23 heavy (non-hydrogen) atoms. The van der Waals surface area contributed by atoms with Gasteiger partial charge in [-0.25, -0.2) is 5.43 Å². The molecule has 0 fully saturated rings. The highest BCUT2D eigenvalue weighted by Crippen LogP contribution is 2.38. The minimum Gasteiger partial charge on any atom is -0.497 e. The van der Waals surface area contributed by atoms with Gasteiger partial charge in [0.15, 0.2) is 0 Å². The summed E-state index contributed by atoms with van der Waals surface area (Å²) in [6, 6.07) is 3.67. The number of fused-ring (bicyclic) bond motifs is 1. The van der Waals surface area contributed by atoms with Crippen molar-refractivity contribution in [1.29, 1.82) is 0 Å². The van der Waals surface area contributed by atoms with Gasteiger partial charge in [-0.05, 0) is 12.8 Å². The Labute approximate surface area is 134 Å². The fourth-order valence-electron chi connectivity index (χ4n) is 2.93. The van der Waals surface area contributed by atoms with E-state index in [-0.39, 0.29) is 18.2 Å². The number of methoxy groups -OCH3 is 2. The lowest BCUT2D eigenvalue weighted by Gasteiger charge is -2.31. The van der Waals surface area contributed by atoms with Gasteiger partial charge in [0.05, 0.1) is 19.9 Å². The third-order valence-electron chi connectivity index (χ3n) is 4.11. The smallest absolute Gasteiger partial charge is 0.274 e. The van der Waals surface area contributed by atoms with Crippen molar-refractivity contribution in [2.45, 2.75) is 25.7 Å². The van der Waals surface area contributed by atoms with E-state index >= 15 is 0 Å². The van der Waals surface area contributed by atoms with Gasteiger partial charge in [0.25, 0.3) is 5.91 Å². The van der Waals surface area contributed by atoms with Crippen molar-refractivity contribution < 1.29 is 19.1 Å². The summed E-state index contributed by atoms with van der Waals surface area (Å²) >= 11 is 0. The normalized spacial score (nSPS) is 17.0. The standard InChI is InChI=1S/C16H19N3O4/c1-22-10-8-13-11(14(9-10)23-2)4-3-7-19(13)16(21)12-5-6-15(20)18-17-12/h8-9H,3-7H2,1-2H3,(H,18,20). The molecule has 0 unspecified atom stereocenters. The van der Waals surface area contributed by atoms with Crippen LogP contribution in [0.1, 0.15) is 24.8 Å². The fraction of sp³-hybridized carbons (Fsp3) is 0.438. The lowest BCUT2D eigenvalue weighted by atomic mass is 9.99. The lowest BCUT2D eigenvalue weighted by molar-refractivity contribution is -0.121. The molecular weight excluding hydrogens is 298 g/mol. The van der Waals surface area contributed by atoms with Crippen LogP contribution in [0.4, 0.5) is 5.69 Å². The van der Waals surface area contributed by atoms with Gasteiger partial charge in [0, 0.05) is 37.1 Å². The van der Waals surface area contributed by atoms with E-state index in [4.69, 9.17) is 9.47 Å². The molecule has 0 bridgehead atoms. The summed E-state index contributed by atoms with van der Waals surface area (Å²) in [5, 5.41) is 3.91. The van der Waals surface area contributed by atoms with Crippen LogP contribution >= 0.6 is 0 Å². The largest absolute Gasteiger partial charge is 0.497 e. The molecule has 3 rings (SSSR count). The quantitative estimate of drug-likeness (QED) is 0.910. The van der Waals surface area contributed by atoms with E-state index in [1.54, 1.807) is 19.1 Å². The van der Waals surface area contributed by atoms with Crippen LogP contribution in [-0.4, -0.2) is 38.3 Å². The second kappa shape index (κ2) is 6.28. The minimum atomic E-state index is -0.179. The summed E-state index contributed by atoms with van der Waals surface area (Å²) in [5.74, 6) is 1.01. The van der Waals surface area contributed by atoms with Gasteiger partial charge in [-0.3, -0.25) is 9.59 Å². The highest BCUT2D eigenvalue weighted by atomic mass is 16.5. The van der Waals surface area contributed by atoms with Gasteiger partial charge in [0.1, 0.15) is 17.2 Å². The molecular formula is C16H19N3O4. The predicted octanol–water partition coefficient (Wildman–Crippen LogP) is 1.25. The van der Waals surface area contributed by atoms with Crippen LogP contribution in [0.3, 0.4) is 0 Å². The predicted molar refractivity (Wildman–Crippen MR) is 85.0 cm³/mol. The van der Waals surface area contributed by atoms with Crippen molar-refractivity contribution in [3.63, 3.8) is 0 Å². The molecule has 0 aliphatic carbocycles. The van der Waals surface area contributed by atoms with Gasteiger partial charge in [-0.2, -0.15) is 5.10 Å². The third-order valence-corrected chi connectivity index (χ3v) is 4.11. The number of carbonyl (C=O) groups is 2. The number of nitrogens with zero attached hydrogens (tertiary/aromatic N) is 2. The average molecular weight is 317 g/mol. The second-order valence-electron chi connectivity index (χ2n) is 5.48. The van der Waals surface area contributed by atoms with Crippen LogP contribution in [-0.2, 0) is 16.0 Å². The number of anilines is 1. The fourth-order valence-corrected chi connectivity index (χ4v) is 2.93. The Bertz CT molecular complexity index is 684. The van der Waals surface area contributed by atoms with Gasteiger partial charge in [-0.15, -0.1) is 0 Å².